The van der Waals surface area contributed by atoms with Crippen molar-refractivity contribution in [3.63, 3.8) is 0 Å². The molecule has 0 spiro atoms. The van der Waals surface area contributed by atoms with Gasteiger partial charge in [0.05, 0.1) is 0 Å². The van der Waals surface area contributed by atoms with Crippen LogP contribution in [0.2, 0.25) is 0 Å². The highest BCUT2D eigenvalue weighted by Gasteiger charge is 2.36. The predicted molar refractivity (Wildman–Crippen MR) is 212 cm³/mol. The van der Waals surface area contributed by atoms with E-state index in [-0.39, 0.29) is 21.7 Å². The minimum atomic E-state index is 0.0443. The van der Waals surface area contributed by atoms with Crippen molar-refractivity contribution in [2.24, 2.45) is 0 Å². The summed E-state index contributed by atoms with van der Waals surface area (Å²) < 4.78 is 0. The molecule has 48 heavy (non-hydrogen) atoms. The highest BCUT2D eigenvalue weighted by Crippen LogP contribution is 2.49. The van der Waals surface area contributed by atoms with Gasteiger partial charge in [-0.05, 0) is 71.3 Å². The summed E-state index contributed by atoms with van der Waals surface area (Å²) in [4.78, 5) is 0. The molecule has 5 rings (SSSR count). The number of rotatable bonds is 8. The first-order chi connectivity index (χ1) is 22.6. The van der Waals surface area contributed by atoms with Gasteiger partial charge >= 0.3 is 0 Å². The Hall–Kier alpha value is -1.26. The lowest BCUT2D eigenvalue weighted by Gasteiger charge is -2.37. The lowest BCUT2D eigenvalue weighted by molar-refractivity contribution is 0.307. The molecule has 2 N–H and O–H groups in total. The second-order valence-corrected chi connectivity index (χ2v) is 21.0. The van der Waals surface area contributed by atoms with Gasteiger partial charge in [0, 0.05) is 44.3 Å². The lowest BCUT2D eigenvalue weighted by atomic mass is 9.69. The molecule has 2 atom stereocenters. The van der Waals surface area contributed by atoms with E-state index in [0.717, 1.165) is 22.6 Å². The second kappa shape index (κ2) is 15.5. The molecule has 2 aromatic rings. The average Bonchev–Trinajstić information content (AvgIpc) is 3.01. The topological polar surface area (TPSA) is 40.5 Å². The summed E-state index contributed by atoms with van der Waals surface area (Å²) in [6, 6.07) is 9.35. The van der Waals surface area contributed by atoms with Crippen LogP contribution in [-0.4, -0.2) is 20.7 Å². The number of phenolic OH excluding ortho intramolecular Hbond substituents is 2. The molecule has 0 heterocycles. The first-order valence-corrected chi connectivity index (χ1v) is 21.7. The van der Waals surface area contributed by atoms with Gasteiger partial charge in [-0.25, -0.2) is 0 Å². The van der Waals surface area contributed by atoms with E-state index in [2.05, 4.69) is 103 Å². The maximum atomic E-state index is 11.9. The molecular formula is C44H68O2S2. The lowest BCUT2D eigenvalue weighted by Crippen LogP contribution is -2.27. The molecule has 0 unspecified atom stereocenters. The van der Waals surface area contributed by atoms with E-state index in [1.807, 2.05) is 0 Å². The van der Waals surface area contributed by atoms with Crippen LogP contribution in [0.3, 0.4) is 0 Å². The number of hydrogen-bond donors (Lipinski definition) is 2. The fourth-order valence-electron chi connectivity index (χ4n) is 8.79. The molecule has 0 aliphatic heterocycles. The van der Waals surface area contributed by atoms with Crippen molar-refractivity contribution in [3.05, 3.63) is 57.6 Å². The zero-order valence-corrected chi connectivity index (χ0v) is 33.5. The van der Waals surface area contributed by atoms with Crippen LogP contribution in [0.4, 0.5) is 0 Å². The highest BCUT2D eigenvalue weighted by atomic mass is 32.2. The quantitative estimate of drug-likeness (QED) is 0.289. The smallest absolute Gasteiger partial charge is 0.123 e. The SMILES string of the molecule is CC(C)(C)c1cc(CS[C@@H]2CCCCCC[C@H]2SCc2cc(C(C)(C)C)cc(C3(C)CCCCC3)c2O)c(O)c(C2(C)CCCCC2)c1. The van der Waals surface area contributed by atoms with E-state index in [4.69, 9.17) is 0 Å². The summed E-state index contributed by atoms with van der Waals surface area (Å²) in [5.74, 6) is 2.88. The van der Waals surface area contributed by atoms with E-state index < -0.39 is 0 Å². The predicted octanol–water partition coefficient (Wildman–Crippen LogP) is 13.4. The number of phenols is 2. The first kappa shape index (κ1) is 38.0. The normalized spacial score (nSPS) is 23.8. The molecule has 268 valence electrons. The summed E-state index contributed by atoms with van der Waals surface area (Å²) in [6.45, 7) is 18.7. The number of benzene rings is 2. The van der Waals surface area contributed by atoms with Gasteiger partial charge in [-0.2, -0.15) is 23.5 Å². The fraction of sp³-hybridized carbons (Fsp3) is 0.727. The number of thioether (sulfide) groups is 2. The van der Waals surface area contributed by atoms with Crippen LogP contribution in [0, 0.1) is 0 Å². The standard InChI is InChI=1S/C44H68O2S2/c1-41(2,3)33-25-31(39(45)35(27-33)43(7)21-15-11-16-22-43)29-47-37-19-13-9-10-14-20-38(37)48-30-32-26-34(42(4,5)6)28-36(40(32)46)44(8)23-17-12-18-24-44/h25-28,37-38,45-46H,9-24,29-30H2,1-8H3/t37-,38-/m1/s1. The summed E-state index contributed by atoms with van der Waals surface area (Å²) in [5.41, 5.74) is 7.62. The monoisotopic (exact) mass is 692 g/mol. The van der Waals surface area contributed by atoms with Crippen molar-refractivity contribution in [2.45, 2.75) is 202 Å². The zero-order chi connectivity index (χ0) is 34.7. The van der Waals surface area contributed by atoms with Gasteiger partial charge in [0.1, 0.15) is 11.5 Å². The van der Waals surface area contributed by atoms with Crippen molar-refractivity contribution in [3.8, 4) is 11.5 Å². The molecule has 0 amide bonds. The van der Waals surface area contributed by atoms with Crippen LogP contribution in [0.5, 0.6) is 11.5 Å². The maximum Gasteiger partial charge on any atom is 0.123 e. The van der Waals surface area contributed by atoms with Gasteiger partial charge in [-0.1, -0.05) is 144 Å². The van der Waals surface area contributed by atoms with Crippen LogP contribution in [0.1, 0.15) is 192 Å². The number of aromatic hydroxyl groups is 2. The van der Waals surface area contributed by atoms with Gasteiger partial charge in [-0.15, -0.1) is 0 Å². The maximum absolute atomic E-state index is 11.9. The Balaban J connectivity index is 1.40. The van der Waals surface area contributed by atoms with E-state index in [1.165, 1.54) is 125 Å². The Morgan fingerprint density at radius 3 is 1.21 bits per heavy atom. The van der Waals surface area contributed by atoms with Gasteiger partial charge in [-0.3, -0.25) is 0 Å². The molecule has 3 fully saturated rings. The summed E-state index contributed by atoms with van der Waals surface area (Å²) in [6.07, 6.45) is 20.1. The summed E-state index contributed by atoms with van der Waals surface area (Å²) in [7, 11) is 0. The molecule has 0 radical (unpaired) electrons. The van der Waals surface area contributed by atoms with Crippen LogP contribution in [-0.2, 0) is 33.2 Å². The van der Waals surface area contributed by atoms with E-state index >= 15 is 0 Å². The van der Waals surface area contributed by atoms with Crippen LogP contribution >= 0.6 is 23.5 Å². The third kappa shape index (κ3) is 8.96. The number of hydrogen-bond acceptors (Lipinski definition) is 4. The second-order valence-electron chi connectivity index (χ2n) is 18.5. The minimum absolute atomic E-state index is 0.0443. The highest BCUT2D eigenvalue weighted by molar-refractivity contribution is 8.03. The van der Waals surface area contributed by atoms with Gasteiger partial charge < -0.3 is 10.2 Å². The molecule has 0 aromatic heterocycles. The van der Waals surface area contributed by atoms with Gasteiger partial charge in [0.2, 0.25) is 0 Å². The Morgan fingerprint density at radius 1 is 0.542 bits per heavy atom. The zero-order valence-electron chi connectivity index (χ0n) is 31.9. The van der Waals surface area contributed by atoms with Gasteiger partial charge in [0.25, 0.3) is 0 Å². The third-order valence-corrected chi connectivity index (χ3v) is 15.5. The minimum Gasteiger partial charge on any atom is -0.507 e. The van der Waals surface area contributed by atoms with Crippen molar-refractivity contribution in [2.75, 3.05) is 0 Å². The molecule has 3 saturated carbocycles. The van der Waals surface area contributed by atoms with Crippen molar-refractivity contribution < 1.29 is 10.2 Å². The molecular weight excluding hydrogens is 625 g/mol. The van der Waals surface area contributed by atoms with E-state index in [0.29, 0.717) is 22.0 Å². The molecule has 4 heteroatoms. The molecule has 3 aliphatic carbocycles. The molecule has 0 bridgehead atoms. The Morgan fingerprint density at radius 2 is 0.875 bits per heavy atom. The molecule has 2 nitrogen and oxygen atoms in total. The summed E-state index contributed by atoms with van der Waals surface area (Å²) in [5, 5.41) is 24.8. The largest absolute Gasteiger partial charge is 0.507 e. The third-order valence-electron chi connectivity index (χ3n) is 12.4. The van der Waals surface area contributed by atoms with Crippen LogP contribution in [0.15, 0.2) is 24.3 Å². The Kier molecular flexibility index (Phi) is 12.3. The van der Waals surface area contributed by atoms with E-state index in [1.54, 1.807) is 0 Å². The van der Waals surface area contributed by atoms with Crippen molar-refractivity contribution >= 4 is 23.5 Å². The molecule has 3 aliphatic rings. The molecule has 2 aromatic carbocycles. The van der Waals surface area contributed by atoms with Crippen LogP contribution in [0.25, 0.3) is 0 Å². The van der Waals surface area contributed by atoms with Crippen molar-refractivity contribution in [1.29, 1.82) is 0 Å². The average molecular weight is 693 g/mol. The Labute approximate surface area is 303 Å². The molecule has 0 saturated heterocycles. The Bertz CT molecular complexity index is 1260. The fourth-order valence-corrected chi connectivity index (χ4v) is 11.9. The van der Waals surface area contributed by atoms with Gasteiger partial charge in [0.15, 0.2) is 0 Å². The summed E-state index contributed by atoms with van der Waals surface area (Å²) >= 11 is 4.20. The van der Waals surface area contributed by atoms with Crippen LogP contribution < -0.4 is 0 Å². The first-order valence-electron chi connectivity index (χ1n) is 19.6. The van der Waals surface area contributed by atoms with E-state index in [9.17, 15) is 10.2 Å². The van der Waals surface area contributed by atoms with Crippen molar-refractivity contribution in [1.82, 2.24) is 0 Å².